The van der Waals surface area contributed by atoms with E-state index < -0.39 is 16.6 Å². The number of rotatable bonds is 6. The average molecular weight is 322 g/mol. The van der Waals surface area contributed by atoms with Crippen LogP contribution < -0.4 is 5.32 Å². The van der Waals surface area contributed by atoms with Crippen molar-refractivity contribution in [3.63, 3.8) is 0 Å². The molecule has 0 unspecified atom stereocenters. The molecule has 23 heavy (non-hydrogen) atoms. The van der Waals surface area contributed by atoms with E-state index in [1.54, 1.807) is 39.0 Å². The number of hydrogen-bond acceptors (Lipinski definition) is 5. The third-order valence-electron chi connectivity index (χ3n) is 2.77. The first-order valence-electron chi connectivity index (χ1n) is 7.24. The molecule has 1 rings (SSSR count). The molecule has 1 aromatic rings. The second-order valence-corrected chi connectivity index (χ2v) is 5.92. The summed E-state index contributed by atoms with van der Waals surface area (Å²) >= 11 is 0. The van der Waals surface area contributed by atoms with E-state index in [1.807, 2.05) is 0 Å². The van der Waals surface area contributed by atoms with Crippen LogP contribution in [0.25, 0.3) is 6.08 Å². The van der Waals surface area contributed by atoms with Crippen molar-refractivity contribution in [1.29, 1.82) is 0 Å². The zero-order valence-electron chi connectivity index (χ0n) is 13.5. The maximum atomic E-state index is 11.4. The van der Waals surface area contributed by atoms with Crippen LogP contribution in [-0.4, -0.2) is 28.3 Å². The van der Waals surface area contributed by atoms with Crippen LogP contribution in [0, 0.1) is 10.1 Å². The molecule has 0 heterocycles. The Hall–Kier alpha value is -2.41. The Morgan fingerprint density at radius 1 is 1.43 bits per heavy atom. The van der Waals surface area contributed by atoms with Gasteiger partial charge in [-0.05, 0) is 38.8 Å². The molecular formula is C16H22N2O5. The van der Waals surface area contributed by atoms with E-state index in [4.69, 9.17) is 9.84 Å². The molecule has 0 atom stereocenters. The lowest BCUT2D eigenvalue weighted by Crippen LogP contribution is -2.32. The third-order valence-corrected chi connectivity index (χ3v) is 2.77. The van der Waals surface area contributed by atoms with E-state index in [0.717, 1.165) is 0 Å². The lowest BCUT2D eigenvalue weighted by Gasteiger charge is -2.19. The topological polar surface area (TPSA) is 102 Å². The predicted molar refractivity (Wildman–Crippen MR) is 86.9 cm³/mol. The zero-order chi connectivity index (χ0) is 17.5. The first-order chi connectivity index (χ1) is 10.7. The van der Waals surface area contributed by atoms with Crippen molar-refractivity contribution in [3.8, 4) is 0 Å². The van der Waals surface area contributed by atoms with E-state index in [2.05, 4.69) is 5.32 Å². The molecular weight excluding hydrogens is 300 g/mol. The van der Waals surface area contributed by atoms with Gasteiger partial charge in [-0.15, -0.1) is 0 Å². The van der Waals surface area contributed by atoms with Crippen molar-refractivity contribution in [3.05, 3.63) is 45.5 Å². The summed E-state index contributed by atoms with van der Waals surface area (Å²) in [6.45, 7) is 5.39. The molecule has 0 spiro atoms. The van der Waals surface area contributed by atoms with Crippen molar-refractivity contribution in [2.45, 2.75) is 39.4 Å². The van der Waals surface area contributed by atoms with Gasteiger partial charge in [-0.2, -0.15) is 0 Å². The van der Waals surface area contributed by atoms with Crippen LogP contribution in [0.5, 0.6) is 0 Å². The van der Waals surface area contributed by atoms with Gasteiger partial charge in [-0.1, -0.05) is 18.2 Å². The van der Waals surface area contributed by atoms with Crippen molar-refractivity contribution in [1.82, 2.24) is 5.32 Å². The Kier molecular flexibility index (Phi) is 6.71. The molecule has 0 fully saturated rings. The SMILES string of the molecule is CC(C)(C)OC(=O)NCCC=Cc1ccc(CO)c([N+](=O)[O-])c1. The van der Waals surface area contributed by atoms with Crippen LogP contribution in [0.15, 0.2) is 24.3 Å². The number of aliphatic hydroxyl groups excluding tert-OH is 1. The number of alkyl carbamates (subject to hydrolysis) is 1. The number of nitro groups is 1. The highest BCUT2D eigenvalue weighted by Crippen LogP contribution is 2.21. The number of benzene rings is 1. The van der Waals surface area contributed by atoms with E-state index in [1.165, 1.54) is 12.1 Å². The Labute approximate surface area is 135 Å². The van der Waals surface area contributed by atoms with Crippen molar-refractivity contribution in [2.75, 3.05) is 6.54 Å². The quantitative estimate of drug-likeness (QED) is 0.476. The van der Waals surface area contributed by atoms with Gasteiger partial charge in [-0.25, -0.2) is 4.79 Å². The van der Waals surface area contributed by atoms with Gasteiger partial charge < -0.3 is 15.2 Å². The molecule has 126 valence electrons. The highest BCUT2D eigenvalue weighted by molar-refractivity contribution is 5.67. The molecule has 0 bridgehead atoms. The molecule has 1 amide bonds. The summed E-state index contributed by atoms with van der Waals surface area (Å²) in [7, 11) is 0. The van der Waals surface area contributed by atoms with Gasteiger partial charge >= 0.3 is 6.09 Å². The minimum Gasteiger partial charge on any atom is -0.444 e. The zero-order valence-corrected chi connectivity index (χ0v) is 13.5. The summed E-state index contributed by atoms with van der Waals surface area (Å²) in [5, 5.41) is 22.6. The number of aliphatic hydroxyl groups is 1. The molecule has 2 N–H and O–H groups in total. The fourth-order valence-electron chi connectivity index (χ4n) is 1.78. The summed E-state index contributed by atoms with van der Waals surface area (Å²) in [5.74, 6) is 0. The fraction of sp³-hybridized carbons (Fsp3) is 0.438. The average Bonchev–Trinajstić information content (AvgIpc) is 2.44. The minimum absolute atomic E-state index is 0.110. The van der Waals surface area contributed by atoms with Crippen molar-refractivity contribution >= 4 is 17.9 Å². The second kappa shape index (κ2) is 8.28. The van der Waals surface area contributed by atoms with Gasteiger partial charge in [0.2, 0.25) is 0 Å². The molecule has 7 nitrogen and oxygen atoms in total. The Morgan fingerprint density at radius 2 is 2.13 bits per heavy atom. The number of nitro benzene ring substituents is 1. The highest BCUT2D eigenvalue weighted by atomic mass is 16.6. The third kappa shape index (κ3) is 6.92. The molecule has 7 heteroatoms. The van der Waals surface area contributed by atoms with Crippen LogP contribution in [0.1, 0.15) is 38.3 Å². The predicted octanol–water partition coefficient (Wildman–Crippen LogP) is 3.02. The van der Waals surface area contributed by atoms with E-state index in [-0.39, 0.29) is 17.9 Å². The van der Waals surface area contributed by atoms with Crippen LogP contribution >= 0.6 is 0 Å². The summed E-state index contributed by atoms with van der Waals surface area (Å²) < 4.78 is 5.10. The first-order valence-corrected chi connectivity index (χ1v) is 7.24. The molecule has 1 aromatic carbocycles. The molecule has 0 aliphatic carbocycles. The van der Waals surface area contributed by atoms with Crippen LogP contribution in [0.4, 0.5) is 10.5 Å². The largest absolute Gasteiger partial charge is 0.444 e. The number of amides is 1. The number of nitrogens with one attached hydrogen (secondary N) is 1. The number of hydrogen-bond donors (Lipinski definition) is 2. The molecule has 0 radical (unpaired) electrons. The highest BCUT2D eigenvalue weighted by Gasteiger charge is 2.15. The summed E-state index contributed by atoms with van der Waals surface area (Å²) in [5.41, 5.74) is 0.291. The summed E-state index contributed by atoms with van der Waals surface area (Å²) in [6.07, 6.45) is 3.61. The smallest absolute Gasteiger partial charge is 0.407 e. The fourth-order valence-corrected chi connectivity index (χ4v) is 1.78. The van der Waals surface area contributed by atoms with Crippen molar-refractivity contribution in [2.24, 2.45) is 0 Å². The van der Waals surface area contributed by atoms with Crippen LogP contribution in [0.3, 0.4) is 0 Å². The molecule has 0 aromatic heterocycles. The summed E-state index contributed by atoms with van der Waals surface area (Å²) in [4.78, 5) is 21.8. The Bertz CT molecular complexity index is 591. The molecule has 0 aliphatic heterocycles. The van der Waals surface area contributed by atoms with Gasteiger partial charge in [-0.3, -0.25) is 10.1 Å². The van der Waals surface area contributed by atoms with Gasteiger partial charge in [0.25, 0.3) is 5.69 Å². The maximum absolute atomic E-state index is 11.4. The number of carbonyl (C=O) groups is 1. The van der Waals surface area contributed by atoms with Gasteiger partial charge in [0.15, 0.2) is 0 Å². The van der Waals surface area contributed by atoms with Gasteiger partial charge in [0.05, 0.1) is 17.1 Å². The normalized spacial score (nSPS) is 11.5. The van der Waals surface area contributed by atoms with E-state index >= 15 is 0 Å². The minimum atomic E-state index is -0.534. The molecule has 0 saturated heterocycles. The standard InChI is InChI=1S/C16H22N2O5/c1-16(2,3)23-15(20)17-9-5-4-6-12-7-8-13(11-19)14(10-12)18(21)22/h4,6-8,10,19H,5,9,11H2,1-3H3,(H,17,20). The maximum Gasteiger partial charge on any atom is 0.407 e. The Balaban J connectivity index is 2.51. The van der Waals surface area contributed by atoms with Gasteiger partial charge in [0, 0.05) is 12.6 Å². The lowest BCUT2D eigenvalue weighted by atomic mass is 10.1. The number of carbonyl (C=O) groups excluding carboxylic acids is 1. The van der Waals surface area contributed by atoms with Gasteiger partial charge in [0.1, 0.15) is 5.60 Å². The molecule has 0 saturated carbocycles. The molecule has 0 aliphatic rings. The monoisotopic (exact) mass is 322 g/mol. The Morgan fingerprint density at radius 3 is 2.70 bits per heavy atom. The van der Waals surface area contributed by atoms with E-state index in [0.29, 0.717) is 18.5 Å². The lowest BCUT2D eigenvalue weighted by molar-refractivity contribution is -0.385. The summed E-state index contributed by atoms with van der Waals surface area (Å²) in [6, 6.07) is 4.62. The first kappa shape index (κ1) is 18.6. The van der Waals surface area contributed by atoms with Crippen LogP contribution in [-0.2, 0) is 11.3 Å². The number of nitrogens with zero attached hydrogens (tertiary/aromatic N) is 1. The number of ether oxygens (including phenoxy) is 1. The second-order valence-electron chi connectivity index (χ2n) is 5.92. The van der Waals surface area contributed by atoms with Crippen molar-refractivity contribution < 1.29 is 19.6 Å². The van der Waals surface area contributed by atoms with Crippen LogP contribution in [0.2, 0.25) is 0 Å². The van der Waals surface area contributed by atoms with E-state index in [9.17, 15) is 14.9 Å².